The Balaban J connectivity index is 2.06. The van der Waals surface area contributed by atoms with Crippen molar-refractivity contribution in [3.63, 3.8) is 0 Å². The zero-order valence-corrected chi connectivity index (χ0v) is 11.1. The van der Waals surface area contributed by atoms with Gasteiger partial charge in [0, 0.05) is 13.5 Å². The van der Waals surface area contributed by atoms with Crippen LogP contribution in [-0.4, -0.2) is 23.9 Å². The molecule has 0 radical (unpaired) electrons. The molecule has 2 aliphatic rings. The average Bonchev–Trinajstić information content (AvgIpc) is 2.28. The molecule has 0 aromatic carbocycles. The summed E-state index contributed by atoms with van der Waals surface area (Å²) in [5.74, 6) is 0. The maximum absolute atomic E-state index is 10.9. The maximum atomic E-state index is 10.9. The Morgan fingerprint density at radius 1 is 1.24 bits per heavy atom. The molecule has 2 atom stereocenters. The number of ether oxygens (including phenoxy) is 1. The highest BCUT2D eigenvalue weighted by Gasteiger charge is 2.37. The van der Waals surface area contributed by atoms with Gasteiger partial charge in [-0.1, -0.05) is 18.9 Å². The molecule has 0 saturated heterocycles. The van der Waals surface area contributed by atoms with E-state index >= 15 is 0 Å². The van der Waals surface area contributed by atoms with Gasteiger partial charge in [-0.2, -0.15) is 0 Å². The summed E-state index contributed by atoms with van der Waals surface area (Å²) in [5.41, 5.74) is 0.745. The maximum Gasteiger partial charge on any atom is 0.0881 e. The lowest BCUT2D eigenvalue weighted by Gasteiger charge is -2.38. The van der Waals surface area contributed by atoms with E-state index in [1.807, 2.05) is 0 Å². The van der Waals surface area contributed by atoms with Gasteiger partial charge in [0.05, 0.1) is 11.7 Å². The molecule has 17 heavy (non-hydrogen) atoms. The summed E-state index contributed by atoms with van der Waals surface area (Å²) in [6.45, 7) is 0. The van der Waals surface area contributed by atoms with Crippen molar-refractivity contribution in [2.45, 2.75) is 75.9 Å². The molecule has 98 valence electrons. The Hall–Kier alpha value is -0.340. The molecule has 0 aromatic rings. The van der Waals surface area contributed by atoms with Crippen LogP contribution in [0.25, 0.3) is 0 Å². The van der Waals surface area contributed by atoms with Crippen molar-refractivity contribution in [2.75, 3.05) is 7.11 Å². The van der Waals surface area contributed by atoms with E-state index in [1.165, 1.54) is 31.3 Å². The first-order chi connectivity index (χ1) is 8.24. The van der Waals surface area contributed by atoms with Crippen molar-refractivity contribution < 1.29 is 9.84 Å². The zero-order chi connectivity index (χ0) is 12.1. The molecular formula is C15H26O2. The van der Waals surface area contributed by atoms with E-state index in [0.29, 0.717) is 0 Å². The van der Waals surface area contributed by atoms with Crippen molar-refractivity contribution >= 4 is 0 Å². The fourth-order valence-corrected chi connectivity index (χ4v) is 3.31. The lowest BCUT2D eigenvalue weighted by molar-refractivity contribution is -0.0381. The van der Waals surface area contributed by atoms with E-state index in [1.54, 1.807) is 7.11 Å². The molecule has 2 heteroatoms. The Morgan fingerprint density at radius 3 is 2.88 bits per heavy atom. The van der Waals surface area contributed by atoms with Crippen LogP contribution in [0.15, 0.2) is 11.6 Å². The normalized spacial score (nSPS) is 35.9. The van der Waals surface area contributed by atoms with Gasteiger partial charge in [-0.15, -0.1) is 0 Å². The van der Waals surface area contributed by atoms with Crippen LogP contribution in [0.5, 0.6) is 0 Å². The number of hydrogen-bond donors (Lipinski definition) is 1. The van der Waals surface area contributed by atoms with Gasteiger partial charge in [-0.05, 0) is 50.5 Å². The largest absolute Gasteiger partial charge is 0.385 e. The van der Waals surface area contributed by atoms with Crippen molar-refractivity contribution in [1.82, 2.24) is 0 Å². The minimum Gasteiger partial charge on any atom is -0.385 e. The van der Waals surface area contributed by atoms with Gasteiger partial charge >= 0.3 is 0 Å². The van der Waals surface area contributed by atoms with E-state index in [2.05, 4.69) is 6.08 Å². The van der Waals surface area contributed by atoms with Gasteiger partial charge in [0.15, 0.2) is 0 Å². The van der Waals surface area contributed by atoms with Crippen LogP contribution in [0.2, 0.25) is 0 Å². The van der Waals surface area contributed by atoms with E-state index in [-0.39, 0.29) is 6.10 Å². The van der Waals surface area contributed by atoms with Crippen molar-refractivity contribution in [3.8, 4) is 0 Å². The molecule has 0 aliphatic heterocycles. The second-order valence-electron chi connectivity index (χ2n) is 5.67. The predicted molar refractivity (Wildman–Crippen MR) is 70.0 cm³/mol. The van der Waals surface area contributed by atoms with E-state index in [9.17, 15) is 5.11 Å². The SMILES string of the molecule is COC1CCCC(O)(C2=CCCCCCC2)C1. The molecule has 0 amide bonds. The molecule has 1 fully saturated rings. The molecule has 0 aromatic heterocycles. The van der Waals surface area contributed by atoms with Gasteiger partial charge < -0.3 is 9.84 Å². The second-order valence-corrected chi connectivity index (χ2v) is 5.67. The predicted octanol–water partition coefficient (Wildman–Crippen LogP) is 3.59. The van der Waals surface area contributed by atoms with Crippen LogP contribution in [0.3, 0.4) is 0 Å². The van der Waals surface area contributed by atoms with Crippen LogP contribution in [-0.2, 0) is 4.74 Å². The number of aliphatic hydroxyl groups is 1. The summed E-state index contributed by atoms with van der Waals surface area (Å²) >= 11 is 0. The van der Waals surface area contributed by atoms with Crippen LogP contribution < -0.4 is 0 Å². The Morgan fingerprint density at radius 2 is 2.06 bits per heavy atom. The first kappa shape index (κ1) is 13.1. The summed E-state index contributed by atoms with van der Waals surface area (Å²) in [7, 11) is 1.77. The molecule has 2 rings (SSSR count). The minimum atomic E-state index is -0.559. The van der Waals surface area contributed by atoms with Crippen molar-refractivity contribution in [2.24, 2.45) is 0 Å². The quantitative estimate of drug-likeness (QED) is 0.745. The highest BCUT2D eigenvalue weighted by Crippen LogP contribution is 2.38. The number of rotatable bonds is 2. The Bertz CT molecular complexity index is 272. The molecule has 1 saturated carbocycles. The van der Waals surface area contributed by atoms with Gasteiger partial charge in [0.25, 0.3) is 0 Å². The van der Waals surface area contributed by atoms with Gasteiger partial charge in [0.1, 0.15) is 0 Å². The lowest BCUT2D eigenvalue weighted by Crippen LogP contribution is -2.40. The molecule has 2 aliphatic carbocycles. The third-order valence-electron chi connectivity index (χ3n) is 4.40. The van der Waals surface area contributed by atoms with E-state index < -0.39 is 5.60 Å². The zero-order valence-electron chi connectivity index (χ0n) is 11.1. The molecule has 2 nitrogen and oxygen atoms in total. The lowest BCUT2D eigenvalue weighted by atomic mass is 9.75. The molecule has 0 heterocycles. The highest BCUT2D eigenvalue weighted by atomic mass is 16.5. The standard InChI is InChI=1S/C15H26O2/c1-17-14-10-7-11-15(16,12-14)13-8-5-3-2-4-6-9-13/h8,14,16H,2-7,9-12H2,1H3. The minimum absolute atomic E-state index is 0.250. The summed E-state index contributed by atoms with van der Waals surface area (Å²) in [6.07, 6.45) is 13.9. The summed E-state index contributed by atoms with van der Waals surface area (Å²) < 4.78 is 5.45. The molecule has 1 N–H and O–H groups in total. The number of methoxy groups -OCH3 is 1. The van der Waals surface area contributed by atoms with E-state index in [4.69, 9.17) is 4.74 Å². The molecule has 2 unspecified atom stereocenters. The Kier molecular flexibility index (Phi) is 4.63. The monoisotopic (exact) mass is 238 g/mol. The third kappa shape index (κ3) is 3.32. The van der Waals surface area contributed by atoms with Crippen LogP contribution in [0.1, 0.15) is 64.2 Å². The topological polar surface area (TPSA) is 29.5 Å². The van der Waals surface area contributed by atoms with Gasteiger partial charge in [0.2, 0.25) is 0 Å². The third-order valence-corrected chi connectivity index (χ3v) is 4.40. The average molecular weight is 238 g/mol. The van der Waals surface area contributed by atoms with Gasteiger partial charge in [-0.25, -0.2) is 0 Å². The van der Waals surface area contributed by atoms with Crippen molar-refractivity contribution in [1.29, 1.82) is 0 Å². The van der Waals surface area contributed by atoms with Crippen LogP contribution in [0, 0.1) is 0 Å². The van der Waals surface area contributed by atoms with Crippen LogP contribution >= 0.6 is 0 Å². The fourth-order valence-electron chi connectivity index (χ4n) is 3.31. The molecular weight excluding hydrogens is 212 g/mol. The first-order valence-corrected chi connectivity index (χ1v) is 7.19. The van der Waals surface area contributed by atoms with E-state index in [0.717, 1.165) is 38.5 Å². The van der Waals surface area contributed by atoms with Crippen molar-refractivity contribution in [3.05, 3.63) is 11.6 Å². The molecule has 0 spiro atoms. The molecule has 0 bridgehead atoms. The second kappa shape index (κ2) is 6.01. The summed E-state index contributed by atoms with van der Waals surface area (Å²) in [5, 5.41) is 10.9. The number of hydrogen-bond acceptors (Lipinski definition) is 2. The first-order valence-electron chi connectivity index (χ1n) is 7.19. The number of allylic oxidation sites excluding steroid dienone is 1. The fraction of sp³-hybridized carbons (Fsp3) is 0.867. The Labute approximate surface area is 105 Å². The summed E-state index contributed by atoms with van der Waals surface area (Å²) in [4.78, 5) is 0. The van der Waals surface area contributed by atoms with Gasteiger partial charge in [-0.3, -0.25) is 0 Å². The highest BCUT2D eigenvalue weighted by molar-refractivity contribution is 5.19. The van der Waals surface area contributed by atoms with Crippen LogP contribution in [0.4, 0.5) is 0 Å². The smallest absolute Gasteiger partial charge is 0.0881 e. The summed E-state index contributed by atoms with van der Waals surface area (Å²) in [6, 6.07) is 0.